The molecule has 0 aliphatic heterocycles. The first-order valence-corrected chi connectivity index (χ1v) is 8.02. The van der Waals surface area contributed by atoms with Crippen LogP contribution in [0.3, 0.4) is 0 Å². The topological polar surface area (TPSA) is 0 Å². The predicted octanol–water partition coefficient (Wildman–Crippen LogP) is 6.84. The average molecular weight is 362 g/mol. The zero-order chi connectivity index (χ0) is 19.0. The van der Waals surface area contributed by atoms with Gasteiger partial charge < -0.3 is 0 Å². The predicted molar refractivity (Wildman–Crippen MR) is 91.2 cm³/mol. The zero-order valence-electron chi connectivity index (χ0n) is 14.1. The van der Waals surface area contributed by atoms with Crippen molar-refractivity contribution in [1.82, 2.24) is 0 Å². The van der Waals surface area contributed by atoms with E-state index in [1.54, 1.807) is 12.1 Å². The molecule has 3 aromatic carbocycles. The first kappa shape index (κ1) is 18.1. The lowest BCUT2D eigenvalue weighted by Gasteiger charge is -2.11. The molecule has 0 aromatic heterocycles. The van der Waals surface area contributed by atoms with E-state index >= 15 is 0 Å². The lowest BCUT2D eigenvalue weighted by molar-refractivity contribution is 0.447. The van der Waals surface area contributed by atoms with Gasteiger partial charge in [0.25, 0.3) is 0 Å². The molecule has 0 unspecified atom stereocenters. The highest BCUT2D eigenvalue weighted by molar-refractivity contribution is 5.72. The maximum Gasteiger partial charge on any atom is 0.194 e. The van der Waals surface area contributed by atoms with E-state index in [4.69, 9.17) is 0 Å². The molecule has 3 aromatic rings. The van der Waals surface area contributed by atoms with Crippen LogP contribution in [-0.4, -0.2) is 0 Å². The van der Waals surface area contributed by atoms with Crippen molar-refractivity contribution in [1.29, 1.82) is 0 Å². The summed E-state index contributed by atoms with van der Waals surface area (Å²) < 4.78 is 68.8. The van der Waals surface area contributed by atoms with Gasteiger partial charge in [0.1, 0.15) is 11.6 Å². The van der Waals surface area contributed by atoms with Crippen molar-refractivity contribution in [2.24, 2.45) is 0 Å². The fourth-order valence-electron chi connectivity index (χ4n) is 2.78. The highest BCUT2D eigenvalue weighted by Gasteiger charge is 2.18. The van der Waals surface area contributed by atoms with Crippen molar-refractivity contribution < 1.29 is 22.0 Å². The number of hydrogen-bond acceptors (Lipinski definition) is 0. The Morgan fingerprint density at radius 1 is 0.577 bits per heavy atom. The second-order valence-electron chi connectivity index (χ2n) is 6.35. The molecule has 0 amide bonds. The summed E-state index contributed by atoms with van der Waals surface area (Å²) in [6, 6.07) is 10.5. The molecule has 0 fully saturated rings. The maximum atomic E-state index is 14.5. The minimum absolute atomic E-state index is 0.294. The number of benzene rings is 3. The summed E-state index contributed by atoms with van der Waals surface area (Å²) in [7, 11) is 0. The smallest absolute Gasteiger partial charge is 0.194 e. The van der Waals surface area contributed by atoms with Crippen LogP contribution in [0.1, 0.15) is 25.3 Å². The maximum absolute atomic E-state index is 14.5. The van der Waals surface area contributed by atoms with Crippen LogP contribution in [0.25, 0.3) is 22.3 Å². The first-order chi connectivity index (χ1) is 12.3. The Hall–Kier alpha value is -2.69. The molecule has 0 saturated carbocycles. The van der Waals surface area contributed by atoms with Gasteiger partial charge in [0.15, 0.2) is 17.5 Å². The van der Waals surface area contributed by atoms with Gasteiger partial charge in [0.2, 0.25) is 0 Å². The van der Waals surface area contributed by atoms with Crippen LogP contribution < -0.4 is 0 Å². The summed E-state index contributed by atoms with van der Waals surface area (Å²) in [6.45, 7) is 4.06. The lowest BCUT2D eigenvalue weighted by Crippen LogP contribution is -1.97. The van der Waals surface area contributed by atoms with Gasteiger partial charge in [-0.1, -0.05) is 38.1 Å². The van der Waals surface area contributed by atoms with Crippen LogP contribution in [0.2, 0.25) is 0 Å². The van der Waals surface area contributed by atoms with Gasteiger partial charge in [-0.25, -0.2) is 22.0 Å². The first-order valence-electron chi connectivity index (χ1n) is 8.02. The van der Waals surface area contributed by atoms with Gasteiger partial charge in [-0.3, -0.25) is 0 Å². The molecule has 0 radical (unpaired) electrons. The Bertz CT molecular complexity index is 913. The van der Waals surface area contributed by atoms with Gasteiger partial charge in [0.05, 0.1) is 5.56 Å². The lowest BCUT2D eigenvalue weighted by atomic mass is 9.96. The van der Waals surface area contributed by atoms with E-state index in [1.165, 1.54) is 0 Å². The van der Waals surface area contributed by atoms with Crippen LogP contribution in [0.15, 0.2) is 48.5 Å². The fourth-order valence-corrected chi connectivity index (χ4v) is 2.78. The molecule has 0 heterocycles. The van der Waals surface area contributed by atoms with Crippen molar-refractivity contribution in [3.63, 3.8) is 0 Å². The molecule has 0 bridgehead atoms. The minimum atomic E-state index is -1.68. The standard InChI is InChI=1S/C21H15F5/c1-11(2)12-3-5-13(6-4-12)14-7-16(22)20(17(23)8-14)15-9-18(24)21(26)19(25)10-15/h3-11H,1-2H3. The summed E-state index contributed by atoms with van der Waals surface area (Å²) >= 11 is 0. The molecular weight excluding hydrogens is 347 g/mol. The Morgan fingerprint density at radius 2 is 1.04 bits per heavy atom. The molecule has 0 aliphatic rings. The largest absolute Gasteiger partial charge is 0.206 e. The van der Waals surface area contributed by atoms with Gasteiger partial charge in [-0.2, -0.15) is 0 Å². The highest BCUT2D eigenvalue weighted by atomic mass is 19.2. The summed E-state index contributed by atoms with van der Waals surface area (Å²) in [5.74, 6) is -6.35. The van der Waals surface area contributed by atoms with Gasteiger partial charge >= 0.3 is 0 Å². The van der Waals surface area contributed by atoms with Gasteiger partial charge in [-0.15, -0.1) is 0 Å². The zero-order valence-corrected chi connectivity index (χ0v) is 14.1. The molecule has 0 N–H and O–H groups in total. The molecule has 0 saturated heterocycles. The molecule has 0 aliphatic carbocycles. The SMILES string of the molecule is CC(C)c1ccc(-c2cc(F)c(-c3cc(F)c(F)c(F)c3)c(F)c2)cc1. The van der Waals surface area contributed by atoms with Gasteiger partial charge in [0, 0.05) is 0 Å². The average Bonchev–Trinajstić information content (AvgIpc) is 2.59. The fraction of sp³-hybridized carbons (Fsp3) is 0.143. The van der Waals surface area contributed by atoms with Crippen LogP contribution in [0.4, 0.5) is 22.0 Å². The number of rotatable bonds is 3. The van der Waals surface area contributed by atoms with Gasteiger partial charge in [-0.05, 0) is 52.4 Å². The molecule has 5 heteroatoms. The molecule has 0 spiro atoms. The summed E-state index contributed by atoms with van der Waals surface area (Å²) in [5, 5.41) is 0. The van der Waals surface area contributed by atoms with E-state index in [0.717, 1.165) is 17.7 Å². The van der Waals surface area contributed by atoms with Crippen molar-refractivity contribution in [3.8, 4) is 22.3 Å². The quantitative estimate of drug-likeness (QED) is 0.353. The molecule has 0 nitrogen and oxygen atoms in total. The normalized spacial score (nSPS) is 11.2. The Morgan fingerprint density at radius 3 is 1.50 bits per heavy atom. The Labute approximate surface area is 147 Å². The van der Waals surface area contributed by atoms with Crippen LogP contribution in [-0.2, 0) is 0 Å². The second kappa shape index (κ2) is 6.90. The van der Waals surface area contributed by atoms with E-state index in [2.05, 4.69) is 0 Å². The second-order valence-corrected chi connectivity index (χ2v) is 6.35. The number of halogens is 5. The van der Waals surface area contributed by atoms with E-state index in [9.17, 15) is 22.0 Å². The van der Waals surface area contributed by atoms with Crippen molar-refractivity contribution in [3.05, 3.63) is 83.2 Å². The highest BCUT2D eigenvalue weighted by Crippen LogP contribution is 2.33. The van der Waals surface area contributed by atoms with Crippen LogP contribution in [0.5, 0.6) is 0 Å². The molecular formula is C21H15F5. The van der Waals surface area contributed by atoms with Crippen LogP contribution in [0, 0.1) is 29.1 Å². The summed E-state index contributed by atoms with van der Waals surface area (Å²) in [6.07, 6.45) is 0. The third-order valence-electron chi connectivity index (χ3n) is 4.23. The minimum Gasteiger partial charge on any atom is -0.206 e. The van der Waals surface area contributed by atoms with Crippen LogP contribution >= 0.6 is 0 Å². The van der Waals surface area contributed by atoms with E-state index < -0.39 is 40.2 Å². The molecule has 0 atom stereocenters. The number of hydrogen-bond donors (Lipinski definition) is 0. The summed E-state index contributed by atoms with van der Waals surface area (Å²) in [4.78, 5) is 0. The molecule has 3 rings (SSSR count). The van der Waals surface area contributed by atoms with E-state index in [-0.39, 0.29) is 0 Å². The van der Waals surface area contributed by atoms with Crippen molar-refractivity contribution in [2.75, 3.05) is 0 Å². The molecule has 26 heavy (non-hydrogen) atoms. The van der Waals surface area contributed by atoms with Crippen molar-refractivity contribution >= 4 is 0 Å². The Balaban J connectivity index is 2.06. The Kier molecular flexibility index (Phi) is 4.81. The van der Waals surface area contributed by atoms with Crippen molar-refractivity contribution in [2.45, 2.75) is 19.8 Å². The monoisotopic (exact) mass is 362 g/mol. The molecule has 134 valence electrons. The third kappa shape index (κ3) is 3.34. The van der Waals surface area contributed by atoms with E-state index in [0.29, 0.717) is 29.2 Å². The third-order valence-corrected chi connectivity index (χ3v) is 4.23. The van der Waals surface area contributed by atoms with E-state index in [1.807, 2.05) is 26.0 Å². The summed E-state index contributed by atoms with van der Waals surface area (Å²) in [5.41, 5.74) is 0.976.